The van der Waals surface area contributed by atoms with E-state index in [2.05, 4.69) is 10.0 Å². The summed E-state index contributed by atoms with van der Waals surface area (Å²) in [5.74, 6) is -0.872. The van der Waals surface area contributed by atoms with Crippen LogP contribution >= 0.6 is 0 Å². The third-order valence-electron chi connectivity index (χ3n) is 4.02. The van der Waals surface area contributed by atoms with Crippen LogP contribution in [0.5, 0.6) is 5.75 Å². The first-order valence-electron chi connectivity index (χ1n) is 8.97. The molecule has 0 aliphatic heterocycles. The summed E-state index contributed by atoms with van der Waals surface area (Å²) in [6.07, 6.45) is 0.824. The lowest BCUT2D eigenvalue weighted by Gasteiger charge is -2.14. The van der Waals surface area contributed by atoms with E-state index in [-0.39, 0.29) is 4.90 Å². The molecule has 0 aromatic heterocycles. The van der Waals surface area contributed by atoms with Gasteiger partial charge in [-0.25, -0.2) is 8.42 Å². The van der Waals surface area contributed by atoms with Crippen molar-refractivity contribution in [3.8, 4) is 5.75 Å². The summed E-state index contributed by atoms with van der Waals surface area (Å²) in [6, 6.07) is 11.8. The molecule has 1 amide bonds. The van der Waals surface area contributed by atoms with Gasteiger partial charge in [-0.2, -0.15) is 4.72 Å². The molecule has 0 aliphatic rings. The number of ether oxygens (including phenoxy) is 2. The van der Waals surface area contributed by atoms with Gasteiger partial charge in [0, 0.05) is 5.69 Å². The van der Waals surface area contributed by atoms with E-state index in [1.54, 1.807) is 6.07 Å². The third kappa shape index (κ3) is 6.58. The van der Waals surface area contributed by atoms with E-state index in [0.717, 1.165) is 12.0 Å². The number of carbonyl (C=O) groups is 2. The predicted octanol–water partition coefficient (Wildman–Crippen LogP) is 2.11. The van der Waals surface area contributed by atoms with Crippen LogP contribution in [0.15, 0.2) is 53.4 Å². The first kappa shape index (κ1) is 22.4. The number of sulfonamides is 1. The zero-order chi connectivity index (χ0) is 21.4. The van der Waals surface area contributed by atoms with Crippen molar-refractivity contribution >= 4 is 27.6 Å². The van der Waals surface area contributed by atoms with Crippen molar-refractivity contribution in [2.45, 2.75) is 31.2 Å². The summed E-state index contributed by atoms with van der Waals surface area (Å²) in [5, 5.41) is 2.63. The fourth-order valence-electron chi connectivity index (χ4n) is 2.43. The standard InChI is InChI=1S/C20H24N2O6S/c1-4-15-6-5-7-16(12-15)21-19(23)13-28-20(24)14(2)22-29(25,26)18-10-8-17(27-3)9-11-18/h5-12,14,22H,4,13H2,1-3H3,(H,21,23)/t14-/m0/s1. The Bertz CT molecular complexity index is 957. The van der Waals surface area contributed by atoms with E-state index in [1.165, 1.54) is 38.3 Å². The van der Waals surface area contributed by atoms with Gasteiger partial charge >= 0.3 is 5.97 Å². The Labute approximate surface area is 170 Å². The highest BCUT2D eigenvalue weighted by Crippen LogP contribution is 2.16. The Morgan fingerprint density at radius 2 is 1.79 bits per heavy atom. The van der Waals surface area contributed by atoms with E-state index in [4.69, 9.17) is 9.47 Å². The minimum atomic E-state index is -3.93. The topological polar surface area (TPSA) is 111 Å². The number of hydrogen-bond donors (Lipinski definition) is 2. The highest BCUT2D eigenvalue weighted by Gasteiger charge is 2.23. The van der Waals surface area contributed by atoms with Gasteiger partial charge in [0.1, 0.15) is 11.8 Å². The summed E-state index contributed by atoms with van der Waals surface area (Å²) in [6.45, 7) is 2.81. The van der Waals surface area contributed by atoms with Gasteiger partial charge in [-0.1, -0.05) is 19.1 Å². The van der Waals surface area contributed by atoms with Gasteiger partial charge in [0.15, 0.2) is 6.61 Å². The van der Waals surface area contributed by atoms with E-state index in [9.17, 15) is 18.0 Å². The fourth-order valence-corrected chi connectivity index (χ4v) is 3.62. The molecule has 0 saturated heterocycles. The molecule has 1 atom stereocenters. The van der Waals surface area contributed by atoms with Crippen LogP contribution in [-0.2, 0) is 30.8 Å². The molecule has 156 valence electrons. The van der Waals surface area contributed by atoms with Crippen molar-refractivity contribution in [1.29, 1.82) is 0 Å². The van der Waals surface area contributed by atoms with E-state index in [0.29, 0.717) is 11.4 Å². The molecule has 8 nitrogen and oxygen atoms in total. The molecule has 0 radical (unpaired) electrons. The van der Waals surface area contributed by atoms with Crippen molar-refractivity contribution in [2.24, 2.45) is 0 Å². The number of amides is 1. The van der Waals surface area contributed by atoms with Crippen LogP contribution < -0.4 is 14.8 Å². The smallest absolute Gasteiger partial charge is 0.324 e. The van der Waals surface area contributed by atoms with Gasteiger partial charge < -0.3 is 14.8 Å². The van der Waals surface area contributed by atoms with Crippen LogP contribution in [0.4, 0.5) is 5.69 Å². The molecule has 2 N–H and O–H groups in total. The SMILES string of the molecule is CCc1cccc(NC(=O)COC(=O)[C@H](C)NS(=O)(=O)c2ccc(OC)cc2)c1. The number of carbonyl (C=O) groups excluding carboxylic acids is 2. The van der Waals surface area contributed by atoms with Crippen LogP contribution in [0.25, 0.3) is 0 Å². The molecule has 0 aliphatic carbocycles. The molecule has 29 heavy (non-hydrogen) atoms. The Morgan fingerprint density at radius 1 is 1.10 bits per heavy atom. The Balaban J connectivity index is 1.88. The van der Waals surface area contributed by atoms with Gasteiger partial charge in [-0.3, -0.25) is 9.59 Å². The molecule has 0 unspecified atom stereocenters. The number of benzene rings is 2. The molecule has 2 rings (SSSR count). The van der Waals surface area contributed by atoms with E-state index >= 15 is 0 Å². The Hall–Kier alpha value is -2.91. The second-order valence-corrected chi connectivity index (χ2v) is 7.94. The van der Waals surface area contributed by atoms with Crippen molar-refractivity contribution in [2.75, 3.05) is 19.0 Å². The number of anilines is 1. The number of hydrogen-bond acceptors (Lipinski definition) is 6. The molecular formula is C20H24N2O6S. The Morgan fingerprint density at radius 3 is 2.41 bits per heavy atom. The summed E-state index contributed by atoms with van der Waals surface area (Å²) < 4.78 is 36.8. The van der Waals surface area contributed by atoms with Crippen LogP contribution in [0.3, 0.4) is 0 Å². The monoisotopic (exact) mass is 420 g/mol. The normalized spacial score (nSPS) is 12.1. The maximum atomic E-state index is 12.3. The molecule has 0 saturated carbocycles. The van der Waals surface area contributed by atoms with Crippen molar-refractivity contribution < 1.29 is 27.5 Å². The van der Waals surface area contributed by atoms with Crippen LogP contribution in [0, 0.1) is 0 Å². The number of nitrogens with one attached hydrogen (secondary N) is 2. The summed E-state index contributed by atoms with van der Waals surface area (Å²) in [7, 11) is -2.46. The van der Waals surface area contributed by atoms with E-state index in [1.807, 2.05) is 25.1 Å². The van der Waals surface area contributed by atoms with Crippen molar-refractivity contribution in [3.05, 3.63) is 54.1 Å². The lowest BCUT2D eigenvalue weighted by molar-refractivity contribution is -0.148. The predicted molar refractivity (Wildman–Crippen MR) is 108 cm³/mol. The molecule has 9 heteroatoms. The van der Waals surface area contributed by atoms with Crippen LogP contribution in [0.2, 0.25) is 0 Å². The molecule has 0 bridgehead atoms. The maximum absolute atomic E-state index is 12.3. The van der Waals surface area contributed by atoms with Gasteiger partial charge in [0.2, 0.25) is 10.0 Å². The second-order valence-electron chi connectivity index (χ2n) is 6.23. The maximum Gasteiger partial charge on any atom is 0.324 e. The van der Waals surface area contributed by atoms with Crippen LogP contribution in [-0.4, -0.2) is 40.1 Å². The Kier molecular flexibility index (Phi) is 7.74. The zero-order valence-electron chi connectivity index (χ0n) is 16.5. The number of methoxy groups -OCH3 is 1. The highest BCUT2D eigenvalue weighted by molar-refractivity contribution is 7.89. The lowest BCUT2D eigenvalue weighted by Crippen LogP contribution is -2.40. The quantitative estimate of drug-likeness (QED) is 0.601. The highest BCUT2D eigenvalue weighted by atomic mass is 32.2. The number of rotatable bonds is 9. The molecule has 0 spiro atoms. The molecular weight excluding hydrogens is 396 g/mol. The number of aryl methyl sites for hydroxylation is 1. The summed E-state index contributed by atoms with van der Waals surface area (Å²) in [5.41, 5.74) is 1.65. The minimum Gasteiger partial charge on any atom is -0.497 e. The molecule has 2 aromatic carbocycles. The van der Waals surface area contributed by atoms with Gasteiger partial charge in [-0.15, -0.1) is 0 Å². The largest absolute Gasteiger partial charge is 0.497 e. The average molecular weight is 420 g/mol. The van der Waals surface area contributed by atoms with E-state index < -0.39 is 34.5 Å². The van der Waals surface area contributed by atoms with Gasteiger partial charge in [0.05, 0.1) is 12.0 Å². The molecule has 0 heterocycles. The number of esters is 1. The zero-order valence-corrected chi connectivity index (χ0v) is 17.3. The first-order chi connectivity index (χ1) is 13.7. The summed E-state index contributed by atoms with van der Waals surface area (Å²) in [4.78, 5) is 24.0. The average Bonchev–Trinajstić information content (AvgIpc) is 2.71. The first-order valence-corrected chi connectivity index (χ1v) is 10.4. The van der Waals surface area contributed by atoms with Crippen LogP contribution in [0.1, 0.15) is 19.4 Å². The van der Waals surface area contributed by atoms with Crippen molar-refractivity contribution in [1.82, 2.24) is 4.72 Å². The fraction of sp³-hybridized carbons (Fsp3) is 0.300. The minimum absolute atomic E-state index is 0.0218. The summed E-state index contributed by atoms with van der Waals surface area (Å²) >= 11 is 0. The third-order valence-corrected chi connectivity index (χ3v) is 5.58. The van der Waals surface area contributed by atoms with Gasteiger partial charge in [0.25, 0.3) is 5.91 Å². The van der Waals surface area contributed by atoms with Crippen molar-refractivity contribution in [3.63, 3.8) is 0 Å². The molecule has 2 aromatic rings. The second kappa shape index (κ2) is 10.0. The van der Waals surface area contributed by atoms with Gasteiger partial charge in [-0.05, 0) is 55.3 Å². The molecule has 0 fully saturated rings. The lowest BCUT2D eigenvalue weighted by atomic mass is 10.1.